The summed E-state index contributed by atoms with van der Waals surface area (Å²) >= 11 is 6.50. The topological polar surface area (TPSA) is 37.4 Å². The van der Waals surface area contributed by atoms with E-state index in [-0.39, 0.29) is 0 Å². The maximum atomic E-state index is 6.50. The van der Waals surface area contributed by atoms with Crippen LogP contribution in [0.3, 0.4) is 0 Å². The quantitative estimate of drug-likeness (QED) is 0.263. The third-order valence-electron chi connectivity index (χ3n) is 8.65. The summed E-state index contributed by atoms with van der Waals surface area (Å²) < 4.78 is 2.39. The predicted molar refractivity (Wildman–Crippen MR) is 160 cm³/mol. The van der Waals surface area contributed by atoms with Gasteiger partial charge >= 0.3 is 0 Å². The zero-order valence-corrected chi connectivity index (χ0v) is 23.2. The number of nitrogens with zero attached hydrogens (tertiary/aromatic N) is 3. The smallest absolute Gasteiger partial charge is 0.0486 e. The van der Waals surface area contributed by atoms with Crippen LogP contribution in [-0.2, 0) is 26.1 Å². The molecule has 2 aliphatic heterocycles. The second kappa shape index (κ2) is 11.2. The van der Waals surface area contributed by atoms with E-state index in [9.17, 15) is 0 Å². The summed E-state index contributed by atoms with van der Waals surface area (Å²) in [5.74, 6) is 0. The maximum Gasteiger partial charge on any atom is 0.0486 e. The summed E-state index contributed by atoms with van der Waals surface area (Å²) in [6.07, 6.45) is 6.95. The number of hydrogen-bond donors (Lipinski definition) is 1. The van der Waals surface area contributed by atoms with Crippen LogP contribution in [-0.4, -0.2) is 46.1 Å². The molecule has 2 N–H and O–H groups in total. The minimum Gasteiger partial charge on any atom is -0.347 e. The first kappa shape index (κ1) is 25.6. The van der Waals surface area contributed by atoms with Crippen molar-refractivity contribution in [3.8, 4) is 11.1 Å². The molecule has 1 aromatic heterocycles. The number of likely N-dealkylation sites (tertiary alicyclic amines) is 1. The molecule has 5 heteroatoms. The van der Waals surface area contributed by atoms with Crippen molar-refractivity contribution in [1.29, 1.82) is 0 Å². The molecule has 3 heterocycles. The third-order valence-corrected chi connectivity index (χ3v) is 9.02. The van der Waals surface area contributed by atoms with Gasteiger partial charge in [-0.2, -0.15) is 0 Å². The monoisotopic (exact) mass is 526 g/mol. The van der Waals surface area contributed by atoms with E-state index in [1.54, 1.807) is 0 Å². The van der Waals surface area contributed by atoms with Crippen molar-refractivity contribution in [3.05, 3.63) is 94.6 Å². The van der Waals surface area contributed by atoms with Gasteiger partial charge in [0, 0.05) is 72.5 Å². The summed E-state index contributed by atoms with van der Waals surface area (Å²) in [6, 6.07) is 25.7. The highest BCUT2D eigenvalue weighted by Gasteiger charge is 2.39. The first-order valence-corrected chi connectivity index (χ1v) is 14.6. The van der Waals surface area contributed by atoms with Crippen molar-refractivity contribution in [3.63, 3.8) is 0 Å². The molecule has 2 atom stereocenters. The van der Waals surface area contributed by atoms with E-state index in [1.807, 2.05) is 12.1 Å². The van der Waals surface area contributed by atoms with Crippen LogP contribution in [0.1, 0.15) is 42.9 Å². The molecule has 0 spiro atoms. The number of benzene rings is 3. The standard InChI is InChI=1S/C33H39ClN4/c1-2-24-8-11-26(12-9-24)31-23-37(17-5-16-35)33-15-10-25(18-30(31)33)19-36-21-28-13-14-29(22-36)38(28)20-27-6-3-4-7-32(27)34/h3-4,6-12,15,18,23,28-29H,2,5,13-14,16-17,19-22,35H2,1H3. The van der Waals surface area contributed by atoms with Gasteiger partial charge in [0.25, 0.3) is 0 Å². The van der Waals surface area contributed by atoms with Crippen LogP contribution >= 0.6 is 11.6 Å². The van der Waals surface area contributed by atoms with Gasteiger partial charge in [-0.3, -0.25) is 9.80 Å². The van der Waals surface area contributed by atoms with E-state index < -0.39 is 0 Å². The highest BCUT2D eigenvalue weighted by Crippen LogP contribution is 2.35. The fraction of sp³-hybridized carbons (Fsp3) is 0.394. The van der Waals surface area contributed by atoms with E-state index >= 15 is 0 Å². The van der Waals surface area contributed by atoms with Crippen molar-refractivity contribution in [2.75, 3.05) is 19.6 Å². The van der Waals surface area contributed by atoms with Gasteiger partial charge in [-0.25, -0.2) is 0 Å². The average molecular weight is 527 g/mol. The summed E-state index contributed by atoms with van der Waals surface area (Å²) in [6.45, 7) is 8.10. The molecule has 0 saturated carbocycles. The molecule has 4 aromatic rings. The molecule has 38 heavy (non-hydrogen) atoms. The molecule has 0 amide bonds. The van der Waals surface area contributed by atoms with Crippen LogP contribution in [0.25, 0.3) is 22.0 Å². The van der Waals surface area contributed by atoms with Crippen molar-refractivity contribution in [2.45, 2.75) is 64.3 Å². The molecule has 0 aliphatic carbocycles. The Bertz CT molecular complexity index is 1380. The molecule has 6 rings (SSSR count). The Morgan fingerprint density at radius 3 is 2.34 bits per heavy atom. The lowest BCUT2D eigenvalue weighted by atomic mass is 10.0. The van der Waals surface area contributed by atoms with E-state index in [0.717, 1.165) is 50.6 Å². The summed E-state index contributed by atoms with van der Waals surface area (Å²) in [4.78, 5) is 5.38. The number of nitrogens with two attached hydrogens (primary N) is 1. The molecule has 2 bridgehead atoms. The van der Waals surface area contributed by atoms with Crippen LogP contribution in [0.4, 0.5) is 0 Å². The molecule has 2 unspecified atom stereocenters. The minimum absolute atomic E-state index is 0.610. The lowest BCUT2D eigenvalue weighted by Crippen LogP contribution is -2.52. The van der Waals surface area contributed by atoms with Crippen LogP contribution in [0, 0.1) is 0 Å². The van der Waals surface area contributed by atoms with Gasteiger partial charge in [-0.15, -0.1) is 0 Å². The van der Waals surface area contributed by atoms with E-state index in [2.05, 4.69) is 82.1 Å². The Balaban J connectivity index is 1.23. The van der Waals surface area contributed by atoms with Gasteiger partial charge in [0.1, 0.15) is 0 Å². The van der Waals surface area contributed by atoms with Gasteiger partial charge in [-0.05, 0) is 72.7 Å². The summed E-state index contributed by atoms with van der Waals surface area (Å²) in [7, 11) is 0. The van der Waals surface area contributed by atoms with E-state index in [0.29, 0.717) is 18.6 Å². The summed E-state index contributed by atoms with van der Waals surface area (Å²) in [5, 5.41) is 2.24. The maximum absolute atomic E-state index is 6.50. The minimum atomic E-state index is 0.610. The Morgan fingerprint density at radius 1 is 0.895 bits per heavy atom. The lowest BCUT2D eigenvalue weighted by molar-refractivity contribution is 0.0567. The second-order valence-electron chi connectivity index (χ2n) is 11.1. The first-order chi connectivity index (χ1) is 18.6. The Morgan fingerprint density at radius 2 is 1.63 bits per heavy atom. The van der Waals surface area contributed by atoms with E-state index in [4.69, 9.17) is 17.3 Å². The molecule has 2 fully saturated rings. The van der Waals surface area contributed by atoms with Crippen molar-refractivity contribution in [2.24, 2.45) is 5.73 Å². The summed E-state index contributed by atoms with van der Waals surface area (Å²) in [5.41, 5.74) is 13.8. The normalized spacial score (nSPS) is 20.0. The number of aryl methyl sites for hydroxylation is 2. The van der Waals surface area contributed by atoms with Gasteiger partial charge < -0.3 is 10.3 Å². The largest absolute Gasteiger partial charge is 0.347 e. The Hall–Kier alpha value is -2.63. The lowest BCUT2D eigenvalue weighted by Gasteiger charge is -2.41. The van der Waals surface area contributed by atoms with E-state index in [1.165, 1.54) is 51.6 Å². The van der Waals surface area contributed by atoms with Crippen LogP contribution < -0.4 is 5.73 Å². The third kappa shape index (κ3) is 5.15. The first-order valence-electron chi connectivity index (χ1n) is 14.3. The molecular weight excluding hydrogens is 488 g/mol. The Kier molecular flexibility index (Phi) is 7.58. The fourth-order valence-electron chi connectivity index (χ4n) is 6.59. The number of piperazine rings is 1. The highest BCUT2D eigenvalue weighted by molar-refractivity contribution is 6.31. The highest BCUT2D eigenvalue weighted by atomic mass is 35.5. The SMILES string of the molecule is CCc1ccc(-c2cn(CCCN)c3ccc(CN4CC5CCC(C4)N5Cc4ccccc4Cl)cc23)cc1. The molecule has 3 aromatic carbocycles. The van der Waals surface area contributed by atoms with Crippen LogP contribution in [0.5, 0.6) is 0 Å². The molecule has 198 valence electrons. The van der Waals surface area contributed by atoms with Gasteiger partial charge in [0.2, 0.25) is 0 Å². The van der Waals surface area contributed by atoms with Crippen molar-refractivity contribution in [1.82, 2.24) is 14.4 Å². The number of hydrogen-bond acceptors (Lipinski definition) is 3. The number of rotatable bonds is 9. The fourth-order valence-corrected chi connectivity index (χ4v) is 6.78. The van der Waals surface area contributed by atoms with Gasteiger partial charge in [-0.1, -0.05) is 67.1 Å². The molecule has 2 aliphatic rings. The van der Waals surface area contributed by atoms with Gasteiger partial charge in [0.05, 0.1) is 0 Å². The molecular formula is C33H39ClN4. The van der Waals surface area contributed by atoms with Crippen molar-refractivity contribution >= 4 is 22.5 Å². The Labute approximate surface area is 232 Å². The molecule has 4 nitrogen and oxygen atoms in total. The molecule has 0 radical (unpaired) electrons. The number of fused-ring (bicyclic) bond motifs is 3. The van der Waals surface area contributed by atoms with Crippen LogP contribution in [0.2, 0.25) is 5.02 Å². The zero-order valence-electron chi connectivity index (χ0n) is 22.5. The number of halogens is 1. The zero-order chi connectivity index (χ0) is 26.1. The molecule has 2 saturated heterocycles. The second-order valence-corrected chi connectivity index (χ2v) is 11.5. The van der Waals surface area contributed by atoms with Gasteiger partial charge in [0.15, 0.2) is 0 Å². The average Bonchev–Trinajstić information content (AvgIpc) is 3.41. The van der Waals surface area contributed by atoms with Crippen molar-refractivity contribution < 1.29 is 0 Å². The van der Waals surface area contributed by atoms with Crippen LogP contribution in [0.15, 0.2) is 72.9 Å². The predicted octanol–water partition coefficient (Wildman–Crippen LogP) is 6.72. The number of aromatic nitrogens is 1.